The van der Waals surface area contributed by atoms with Gasteiger partial charge in [-0.3, -0.25) is 4.79 Å². The Morgan fingerprint density at radius 3 is 2.82 bits per heavy atom. The number of amides is 1. The zero-order valence-corrected chi connectivity index (χ0v) is 16.2. The smallest absolute Gasteiger partial charge is 0.357 e. The number of oxime groups is 1. The van der Waals surface area contributed by atoms with Crippen molar-refractivity contribution >= 4 is 28.9 Å². The molecule has 0 saturated carbocycles. The van der Waals surface area contributed by atoms with E-state index in [4.69, 9.17) is 14.3 Å². The van der Waals surface area contributed by atoms with Crippen molar-refractivity contribution in [3.8, 4) is 11.5 Å². The Kier molecular flexibility index (Phi) is 5.29. The summed E-state index contributed by atoms with van der Waals surface area (Å²) in [6, 6.07) is 8.43. The van der Waals surface area contributed by atoms with E-state index in [1.165, 1.54) is 11.3 Å². The number of carbonyl (C=O) groups is 2. The third kappa shape index (κ3) is 3.73. The molecule has 2 aromatic rings. The molecule has 1 fully saturated rings. The maximum Gasteiger partial charge on any atom is 0.357 e. The van der Waals surface area contributed by atoms with Crippen molar-refractivity contribution in [3.05, 3.63) is 46.2 Å². The molecule has 28 heavy (non-hydrogen) atoms. The van der Waals surface area contributed by atoms with Crippen LogP contribution in [0.1, 0.15) is 35.0 Å². The average molecular weight is 400 g/mol. The molecular weight excluding hydrogens is 380 g/mol. The number of hydrogen-bond acceptors (Lipinski definition) is 7. The van der Waals surface area contributed by atoms with E-state index in [9.17, 15) is 9.59 Å². The second-order valence-electron chi connectivity index (χ2n) is 6.58. The zero-order valence-electron chi connectivity index (χ0n) is 15.4. The summed E-state index contributed by atoms with van der Waals surface area (Å²) < 4.78 is 11.1. The number of ether oxygens (including phenoxy) is 2. The van der Waals surface area contributed by atoms with Crippen LogP contribution in [0.2, 0.25) is 0 Å². The Morgan fingerprint density at radius 2 is 2.04 bits per heavy atom. The lowest BCUT2D eigenvalue weighted by atomic mass is 10.1. The van der Waals surface area contributed by atoms with E-state index in [-0.39, 0.29) is 5.91 Å². The van der Waals surface area contributed by atoms with Crippen LogP contribution in [0, 0.1) is 0 Å². The van der Waals surface area contributed by atoms with Crippen LogP contribution in [0.25, 0.3) is 0 Å². The summed E-state index contributed by atoms with van der Waals surface area (Å²) in [6.07, 6.45) is 1.34. The highest BCUT2D eigenvalue weighted by molar-refractivity contribution is 7.12. The van der Waals surface area contributed by atoms with Gasteiger partial charge in [0, 0.05) is 12.1 Å². The van der Waals surface area contributed by atoms with Gasteiger partial charge in [-0.25, -0.2) is 4.79 Å². The van der Waals surface area contributed by atoms with E-state index in [1.807, 2.05) is 29.6 Å². The van der Waals surface area contributed by atoms with Crippen LogP contribution in [0.4, 0.5) is 0 Å². The van der Waals surface area contributed by atoms with Crippen LogP contribution < -0.4 is 9.47 Å². The van der Waals surface area contributed by atoms with Crippen molar-refractivity contribution in [1.29, 1.82) is 0 Å². The molecule has 2 aliphatic heterocycles. The molecule has 0 spiro atoms. The number of likely N-dealkylation sites (tertiary alicyclic amines) is 1. The summed E-state index contributed by atoms with van der Waals surface area (Å²) >= 11 is 1.37. The van der Waals surface area contributed by atoms with Gasteiger partial charge in [-0.05, 0) is 49.4 Å². The molecule has 1 aromatic carbocycles. The number of nitrogens with zero attached hydrogens (tertiary/aromatic N) is 2. The molecule has 8 heteroatoms. The van der Waals surface area contributed by atoms with Gasteiger partial charge < -0.3 is 19.2 Å². The van der Waals surface area contributed by atoms with Gasteiger partial charge in [0.2, 0.25) is 0 Å². The number of benzene rings is 1. The summed E-state index contributed by atoms with van der Waals surface area (Å²) in [5, 5.41) is 5.82. The molecule has 7 nitrogen and oxygen atoms in total. The third-order valence-corrected chi connectivity index (χ3v) is 5.61. The Balaban J connectivity index is 1.43. The van der Waals surface area contributed by atoms with Crippen molar-refractivity contribution in [3.63, 3.8) is 0 Å². The minimum absolute atomic E-state index is 0.137. The number of hydrogen-bond donors (Lipinski definition) is 0. The molecule has 1 unspecified atom stereocenters. The maximum atomic E-state index is 12.6. The monoisotopic (exact) mass is 400 g/mol. The van der Waals surface area contributed by atoms with Gasteiger partial charge in [0.1, 0.15) is 19.3 Å². The fourth-order valence-corrected chi connectivity index (χ4v) is 3.97. The first-order valence-corrected chi connectivity index (χ1v) is 10.0. The first-order valence-electron chi connectivity index (χ1n) is 9.13. The van der Waals surface area contributed by atoms with E-state index >= 15 is 0 Å². The molecule has 2 aliphatic rings. The zero-order chi connectivity index (χ0) is 19.5. The highest BCUT2D eigenvalue weighted by Gasteiger charge is 2.36. The SMILES string of the molecule is C/C(=N\OC(=O)C1CCCN1C(=O)c1cccs1)c1ccc2c(c1)OCCO2. The van der Waals surface area contributed by atoms with Crippen molar-refractivity contribution in [2.75, 3.05) is 19.8 Å². The van der Waals surface area contributed by atoms with Gasteiger partial charge in [0.05, 0.1) is 10.6 Å². The molecule has 1 saturated heterocycles. The Bertz CT molecular complexity index is 909. The summed E-state index contributed by atoms with van der Waals surface area (Å²) in [7, 11) is 0. The quantitative estimate of drug-likeness (QED) is 0.448. The van der Waals surface area contributed by atoms with Crippen LogP contribution in [0.3, 0.4) is 0 Å². The van der Waals surface area contributed by atoms with E-state index in [0.29, 0.717) is 48.3 Å². The second kappa shape index (κ2) is 8.02. The fourth-order valence-electron chi connectivity index (χ4n) is 3.29. The third-order valence-electron chi connectivity index (χ3n) is 4.75. The molecule has 0 aliphatic carbocycles. The fraction of sp³-hybridized carbons (Fsp3) is 0.350. The van der Waals surface area contributed by atoms with E-state index < -0.39 is 12.0 Å². The van der Waals surface area contributed by atoms with Gasteiger partial charge in [-0.2, -0.15) is 0 Å². The second-order valence-corrected chi connectivity index (χ2v) is 7.53. The Hall–Kier alpha value is -2.87. The number of fused-ring (bicyclic) bond motifs is 1. The van der Waals surface area contributed by atoms with Gasteiger partial charge in [0.25, 0.3) is 5.91 Å². The summed E-state index contributed by atoms with van der Waals surface area (Å²) in [5.74, 6) is 0.683. The van der Waals surface area contributed by atoms with Gasteiger partial charge in [0.15, 0.2) is 11.5 Å². The standard InChI is InChI=1S/C20H20N2O5S/c1-13(14-6-7-16-17(12-14)26-10-9-25-16)21-27-20(24)15-4-2-8-22(15)19(23)18-5-3-11-28-18/h3,5-7,11-12,15H,2,4,8-10H2,1H3/b21-13+. The maximum absolute atomic E-state index is 12.6. The molecule has 146 valence electrons. The molecule has 0 radical (unpaired) electrons. The van der Waals surface area contributed by atoms with Crippen LogP contribution in [-0.2, 0) is 9.63 Å². The van der Waals surface area contributed by atoms with Gasteiger partial charge in [-0.1, -0.05) is 11.2 Å². The van der Waals surface area contributed by atoms with Gasteiger partial charge in [-0.15, -0.1) is 11.3 Å². The van der Waals surface area contributed by atoms with E-state index in [0.717, 1.165) is 12.0 Å². The molecule has 1 amide bonds. The van der Waals surface area contributed by atoms with Crippen molar-refractivity contribution in [1.82, 2.24) is 4.90 Å². The van der Waals surface area contributed by atoms with Crippen LogP contribution in [0.5, 0.6) is 11.5 Å². The summed E-state index contributed by atoms with van der Waals surface area (Å²) in [6.45, 7) is 3.32. The number of carbonyl (C=O) groups excluding carboxylic acids is 2. The molecule has 1 atom stereocenters. The van der Waals surface area contributed by atoms with Crippen molar-refractivity contribution in [2.24, 2.45) is 5.16 Å². The first-order chi connectivity index (χ1) is 13.6. The molecule has 3 heterocycles. The summed E-state index contributed by atoms with van der Waals surface area (Å²) in [5.41, 5.74) is 1.31. The van der Waals surface area contributed by atoms with Crippen molar-refractivity contribution < 1.29 is 23.9 Å². The highest BCUT2D eigenvalue weighted by Crippen LogP contribution is 2.31. The largest absolute Gasteiger partial charge is 0.486 e. The first kappa shape index (κ1) is 18.5. The molecule has 1 aromatic heterocycles. The van der Waals surface area contributed by atoms with Crippen LogP contribution >= 0.6 is 11.3 Å². The van der Waals surface area contributed by atoms with Gasteiger partial charge >= 0.3 is 5.97 Å². The Labute approximate surface area is 166 Å². The van der Waals surface area contributed by atoms with E-state index in [1.54, 1.807) is 17.9 Å². The van der Waals surface area contributed by atoms with Crippen LogP contribution in [-0.4, -0.2) is 48.3 Å². The normalized spacial score (nSPS) is 18.8. The molecular formula is C20H20N2O5S. The predicted molar refractivity (Wildman–Crippen MR) is 104 cm³/mol. The van der Waals surface area contributed by atoms with E-state index in [2.05, 4.69) is 5.16 Å². The average Bonchev–Trinajstić information content (AvgIpc) is 3.43. The van der Waals surface area contributed by atoms with Crippen molar-refractivity contribution in [2.45, 2.75) is 25.8 Å². The minimum atomic E-state index is -0.605. The molecule has 4 rings (SSSR count). The lowest BCUT2D eigenvalue weighted by molar-refractivity contribution is -0.148. The number of rotatable bonds is 4. The lowest BCUT2D eigenvalue weighted by Crippen LogP contribution is -2.40. The Morgan fingerprint density at radius 1 is 1.21 bits per heavy atom. The minimum Gasteiger partial charge on any atom is -0.486 e. The predicted octanol–water partition coefficient (Wildman–Crippen LogP) is 3.09. The highest BCUT2D eigenvalue weighted by atomic mass is 32.1. The molecule has 0 bridgehead atoms. The van der Waals surface area contributed by atoms with Crippen LogP contribution in [0.15, 0.2) is 40.9 Å². The molecule has 0 N–H and O–H groups in total. The number of thiophene rings is 1. The topological polar surface area (TPSA) is 77.4 Å². The lowest BCUT2D eigenvalue weighted by Gasteiger charge is -2.21. The summed E-state index contributed by atoms with van der Waals surface area (Å²) in [4.78, 5) is 32.5.